The normalized spacial score (nSPS) is 12.1. The van der Waals surface area contributed by atoms with Crippen LogP contribution >= 0.6 is 0 Å². The van der Waals surface area contributed by atoms with Crippen LogP contribution in [0, 0.1) is 5.82 Å². The van der Waals surface area contributed by atoms with Crippen molar-refractivity contribution < 1.29 is 14.3 Å². The number of rotatable bonds is 4. The fourth-order valence-corrected chi connectivity index (χ4v) is 1.59. The largest absolute Gasteiger partial charge is 0.478 e. The van der Waals surface area contributed by atoms with Gasteiger partial charge in [0.2, 0.25) is 0 Å². The Morgan fingerprint density at radius 1 is 1.50 bits per heavy atom. The summed E-state index contributed by atoms with van der Waals surface area (Å²) in [5.41, 5.74) is 0.975. The molecule has 0 saturated heterocycles. The highest BCUT2D eigenvalue weighted by Crippen LogP contribution is 2.21. The van der Waals surface area contributed by atoms with Gasteiger partial charge in [-0.3, -0.25) is 5.10 Å². The summed E-state index contributed by atoms with van der Waals surface area (Å²) in [6, 6.07) is 5.18. The zero-order valence-electron chi connectivity index (χ0n) is 9.64. The second kappa shape index (κ2) is 4.87. The Kier molecular flexibility index (Phi) is 3.27. The van der Waals surface area contributed by atoms with Crippen LogP contribution in [0.3, 0.4) is 0 Å². The Balaban J connectivity index is 2.23. The van der Waals surface area contributed by atoms with E-state index >= 15 is 0 Å². The van der Waals surface area contributed by atoms with Crippen molar-refractivity contribution in [2.24, 2.45) is 0 Å². The first-order valence-corrected chi connectivity index (χ1v) is 5.36. The molecule has 0 spiro atoms. The van der Waals surface area contributed by atoms with E-state index in [0.29, 0.717) is 0 Å². The molecule has 0 amide bonds. The number of hydrogen-bond donors (Lipinski definition) is 3. The number of H-pyrrole nitrogens is 1. The van der Waals surface area contributed by atoms with Crippen LogP contribution in [0.25, 0.3) is 0 Å². The fraction of sp³-hybridized carbons (Fsp3) is 0.167. The Bertz CT molecular complexity index is 554. The number of aromatic carboxylic acids is 1. The molecule has 0 bridgehead atoms. The van der Waals surface area contributed by atoms with Gasteiger partial charge < -0.3 is 10.4 Å². The van der Waals surface area contributed by atoms with Crippen molar-refractivity contribution >= 4 is 11.7 Å². The molecule has 0 aliphatic carbocycles. The van der Waals surface area contributed by atoms with Crippen LogP contribution in [0.15, 0.2) is 30.5 Å². The summed E-state index contributed by atoms with van der Waals surface area (Å²) >= 11 is 0. The van der Waals surface area contributed by atoms with Crippen LogP contribution in [-0.4, -0.2) is 21.3 Å². The minimum atomic E-state index is -1.09. The van der Waals surface area contributed by atoms with E-state index in [1.807, 2.05) is 6.92 Å². The van der Waals surface area contributed by atoms with Crippen LogP contribution in [0.1, 0.15) is 29.0 Å². The Morgan fingerprint density at radius 2 is 2.28 bits per heavy atom. The van der Waals surface area contributed by atoms with Crippen LogP contribution in [0.4, 0.5) is 10.1 Å². The van der Waals surface area contributed by atoms with Crippen molar-refractivity contribution in [3.05, 3.63) is 47.5 Å². The van der Waals surface area contributed by atoms with Crippen molar-refractivity contribution in [3.8, 4) is 0 Å². The molecule has 0 aliphatic rings. The van der Waals surface area contributed by atoms with E-state index in [9.17, 15) is 9.18 Å². The Hall–Kier alpha value is -2.37. The number of carbonyl (C=O) groups is 1. The highest BCUT2D eigenvalue weighted by atomic mass is 19.1. The maximum Gasteiger partial charge on any atom is 0.335 e. The number of halogens is 1. The van der Waals surface area contributed by atoms with Gasteiger partial charge in [0.05, 0.1) is 23.0 Å². The highest BCUT2D eigenvalue weighted by Gasteiger charge is 2.12. The molecular formula is C12H12FN3O2. The third kappa shape index (κ3) is 2.48. The second-order valence-electron chi connectivity index (χ2n) is 3.88. The molecule has 6 heteroatoms. The SMILES string of the molecule is CC(Nc1cc(C(=O)O)ccc1F)c1ccn[nH]1. The number of hydrogen-bond acceptors (Lipinski definition) is 3. The quantitative estimate of drug-likeness (QED) is 0.777. The van der Waals surface area contributed by atoms with Crippen molar-refractivity contribution in [3.63, 3.8) is 0 Å². The van der Waals surface area contributed by atoms with E-state index in [1.54, 1.807) is 12.3 Å². The summed E-state index contributed by atoms with van der Waals surface area (Å²) in [6.07, 6.45) is 1.59. The molecule has 1 aromatic heterocycles. The van der Waals surface area contributed by atoms with Crippen LogP contribution in [0.2, 0.25) is 0 Å². The molecule has 1 heterocycles. The van der Waals surface area contributed by atoms with Crippen LogP contribution in [0.5, 0.6) is 0 Å². The summed E-state index contributed by atoms with van der Waals surface area (Å²) < 4.78 is 13.6. The average Bonchev–Trinajstić information content (AvgIpc) is 2.85. The summed E-state index contributed by atoms with van der Waals surface area (Å²) in [5.74, 6) is -1.58. The van der Waals surface area contributed by atoms with Gasteiger partial charge in [0.15, 0.2) is 0 Å². The second-order valence-corrected chi connectivity index (χ2v) is 3.88. The summed E-state index contributed by atoms with van der Waals surface area (Å²) in [5, 5.41) is 18.3. The van der Waals surface area contributed by atoms with Gasteiger partial charge in [-0.2, -0.15) is 5.10 Å². The van der Waals surface area contributed by atoms with Crippen LogP contribution in [-0.2, 0) is 0 Å². The molecule has 0 aliphatic heterocycles. The van der Waals surface area contributed by atoms with Gasteiger partial charge >= 0.3 is 5.97 Å². The topological polar surface area (TPSA) is 78.0 Å². The predicted molar refractivity (Wildman–Crippen MR) is 64.0 cm³/mol. The fourth-order valence-electron chi connectivity index (χ4n) is 1.59. The summed E-state index contributed by atoms with van der Waals surface area (Å²) in [7, 11) is 0. The molecule has 2 aromatic rings. The smallest absolute Gasteiger partial charge is 0.335 e. The highest BCUT2D eigenvalue weighted by molar-refractivity contribution is 5.88. The van der Waals surface area contributed by atoms with Gasteiger partial charge in [0, 0.05) is 6.20 Å². The van der Waals surface area contributed by atoms with E-state index in [2.05, 4.69) is 15.5 Å². The van der Waals surface area contributed by atoms with E-state index in [-0.39, 0.29) is 17.3 Å². The molecule has 3 N–H and O–H groups in total. The maximum absolute atomic E-state index is 13.6. The number of carboxylic acid groups (broad SMARTS) is 1. The van der Waals surface area contributed by atoms with Crippen LogP contribution < -0.4 is 5.32 Å². The lowest BCUT2D eigenvalue weighted by atomic mass is 10.1. The number of carboxylic acids is 1. The number of nitrogens with one attached hydrogen (secondary N) is 2. The van der Waals surface area contributed by atoms with Gasteiger partial charge in [0.1, 0.15) is 5.82 Å². The minimum Gasteiger partial charge on any atom is -0.478 e. The van der Waals surface area contributed by atoms with E-state index < -0.39 is 11.8 Å². The summed E-state index contributed by atoms with van der Waals surface area (Å²) in [4.78, 5) is 10.8. The molecule has 0 fully saturated rings. The van der Waals surface area contributed by atoms with Crippen molar-refractivity contribution in [2.75, 3.05) is 5.32 Å². The molecule has 0 radical (unpaired) electrons. The lowest BCUT2D eigenvalue weighted by Gasteiger charge is -2.14. The lowest BCUT2D eigenvalue weighted by molar-refractivity contribution is 0.0697. The molecule has 5 nitrogen and oxygen atoms in total. The molecule has 1 unspecified atom stereocenters. The first kappa shape index (κ1) is 12.1. The minimum absolute atomic E-state index is 0.0377. The van der Waals surface area contributed by atoms with Gasteiger partial charge in [-0.25, -0.2) is 9.18 Å². The molecule has 0 saturated carbocycles. The molecular weight excluding hydrogens is 237 g/mol. The zero-order chi connectivity index (χ0) is 13.1. The number of aromatic amines is 1. The number of aromatic nitrogens is 2. The lowest BCUT2D eigenvalue weighted by Crippen LogP contribution is -2.09. The monoisotopic (exact) mass is 249 g/mol. The van der Waals surface area contributed by atoms with Crippen molar-refractivity contribution in [2.45, 2.75) is 13.0 Å². The maximum atomic E-state index is 13.6. The standard InChI is InChI=1S/C12H12FN3O2/c1-7(10-4-5-14-16-10)15-11-6-8(12(17)18)2-3-9(11)13/h2-7,15H,1H3,(H,14,16)(H,17,18). The Labute approximate surface area is 103 Å². The predicted octanol–water partition coefficient (Wildman–Crippen LogP) is 2.42. The number of anilines is 1. The molecule has 94 valence electrons. The third-order valence-electron chi connectivity index (χ3n) is 2.57. The van der Waals surface area contributed by atoms with E-state index in [0.717, 1.165) is 11.8 Å². The number of nitrogens with zero attached hydrogens (tertiary/aromatic N) is 1. The van der Waals surface area contributed by atoms with Gasteiger partial charge in [-0.15, -0.1) is 0 Å². The van der Waals surface area contributed by atoms with E-state index in [4.69, 9.17) is 5.11 Å². The zero-order valence-corrected chi connectivity index (χ0v) is 9.64. The first-order chi connectivity index (χ1) is 8.58. The van der Waals surface area contributed by atoms with Crippen molar-refractivity contribution in [1.82, 2.24) is 10.2 Å². The Morgan fingerprint density at radius 3 is 2.89 bits per heavy atom. The molecule has 1 atom stereocenters. The molecule has 1 aromatic carbocycles. The first-order valence-electron chi connectivity index (χ1n) is 5.36. The van der Waals surface area contributed by atoms with Gasteiger partial charge in [0.25, 0.3) is 0 Å². The summed E-state index contributed by atoms with van der Waals surface area (Å²) in [6.45, 7) is 1.82. The third-order valence-corrected chi connectivity index (χ3v) is 2.57. The number of benzene rings is 1. The molecule has 18 heavy (non-hydrogen) atoms. The average molecular weight is 249 g/mol. The van der Waals surface area contributed by atoms with Gasteiger partial charge in [-0.1, -0.05) is 0 Å². The van der Waals surface area contributed by atoms with Gasteiger partial charge in [-0.05, 0) is 31.2 Å². The van der Waals surface area contributed by atoms with E-state index in [1.165, 1.54) is 12.1 Å². The van der Waals surface area contributed by atoms with Crippen molar-refractivity contribution in [1.29, 1.82) is 0 Å². The molecule has 2 rings (SSSR count).